The Morgan fingerprint density at radius 2 is 2.36 bits per heavy atom. The van der Waals surface area contributed by atoms with Gasteiger partial charge in [-0.2, -0.15) is 11.3 Å². The third kappa shape index (κ3) is 4.19. The van der Waals surface area contributed by atoms with Gasteiger partial charge in [-0.05, 0) is 29.3 Å². The zero-order chi connectivity index (χ0) is 10.2. The van der Waals surface area contributed by atoms with E-state index in [1.165, 1.54) is 5.56 Å². The van der Waals surface area contributed by atoms with Gasteiger partial charge in [0.15, 0.2) is 6.29 Å². The Bertz CT molecular complexity index is 223. The van der Waals surface area contributed by atoms with Crippen molar-refractivity contribution < 1.29 is 14.2 Å². The van der Waals surface area contributed by atoms with Crippen molar-refractivity contribution in [3.05, 3.63) is 22.4 Å². The van der Waals surface area contributed by atoms with Gasteiger partial charge in [-0.3, -0.25) is 0 Å². The first-order valence-electron chi connectivity index (χ1n) is 4.60. The predicted octanol–water partition coefficient (Wildman–Crippen LogP) is 2.27. The summed E-state index contributed by atoms with van der Waals surface area (Å²) < 4.78 is 15.8. The van der Waals surface area contributed by atoms with Crippen LogP contribution in [-0.2, 0) is 20.8 Å². The molecule has 4 heteroatoms. The van der Waals surface area contributed by atoms with Crippen molar-refractivity contribution in [3.8, 4) is 0 Å². The normalized spacial score (nSPS) is 13.0. The van der Waals surface area contributed by atoms with E-state index in [9.17, 15) is 0 Å². The number of hydrogen-bond donors (Lipinski definition) is 0. The Morgan fingerprint density at radius 3 is 2.93 bits per heavy atom. The maximum Gasteiger partial charge on any atom is 0.180 e. The standard InChI is InChI=1S/C10H16O3S/c1-3-13-10(11-2)7-12-6-9-4-5-14-8-9/h4-5,8,10H,3,6-7H2,1-2H3. The Labute approximate surface area is 88.6 Å². The first-order chi connectivity index (χ1) is 6.86. The van der Waals surface area contributed by atoms with E-state index in [0.29, 0.717) is 19.8 Å². The van der Waals surface area contributed by atoms with E-state index in [1.807, 2.05) is 18.4 Å². The van der Waals surface area contributed by atoms with Gasteiger partial charge in [-0.25, -0.2) is 0 Å². The minimum absolute atomic E-state index is 0.251. The highest BCUT2D eigenvalue weighted by molar-refractivity contribution is 7.07. The summed E-state index contributed by atoms with van der Waals surface area (Å²) in [5, 5.41) is 4.11. The zero-order valence-electron chi connectivity index (χ0n) is 8.56. The Kier molecular flexibility index (Phi) is 5.78. The molecule has 0 amide bonds. The fraction of sp³-hybridized carbons (Fsp3) is 0.600. The highest BCUT2D eigenvalue weighted by atomic mass is 32.1. The van der Waals surface area contributed by atoms with E-state index in [4.69, 9.17) is 14.2 Å². The van der Waals surface area contributed by atoms with Crippen molar-refractivity contribution in [1.29, 1.82) is 0 Å². The molecule has 1 rings (SSSR count). The molecule has 1 aromatic rings. The molecule has 0 aliphatic heterocycles. The van der Waals surface area contributed by atoms with Gasteiger partial charge >= 0.3 is 0 Å². The maximum atomic E-state index is 5.44. The minimum Gasteiger partial charge on any atom is -0.371 e. The number of hydrogen-bond acceptors (Lipinski definition) is 4. The second kappa shape index (κ2) is 6.95. The molecule has 0 spiro atoms. The van der Waals surface area contributed by atoms with Gasteiger partial charge in [-0.15, -0.1) is 0 Å². The predicted molar refractivity (Wildman–Crippen MR) is 56.4 cm³/mol. The molecule has 14 heavy (non-hydrogen) atoms. The van der Waals surface area contributed by atoms with Crippen LogP contribution in [0.25, 0.3) is 0 Å². The smallest absolute Gasteiger partial charge is 0.180 e. The van der Waals surface area contributed by atoms with Crippen molar-refractivity contribution in [1.82, 2.24) is 0 Å². The molecule has 1 unspecified atom stereocenters. The monoisotopic (exact) mass is 216 g/mol. The lowest BCUT2D eigenvalue weighted by atomic mass is 10.4. The van der Waals surface area contributed by atoms with Crippen LogP contribution in [0.15, 0.2) is 16.8 Å². The highest BCUT2D eigenvalue weighted by Crippen LogP contribution is 2.07. The lowest BCUT2D eigenvalue weighted by molar-refractivity contribution is -0.156. The van der Waals surface area contributed by atoms with E-state index >= 15 is 0 Å². The summed E-state index contributed by atoms with van der Waals surface area (Å²) in [6, 6.07) is 2.05. The number of ether oxygens (including phenoxy) is 3. The highest BCUT2D eigenvalue weighted by Gasteiger charge is 2.05. The van der Waals surface area contributed by atoms with Gasteiger partial charge in [0.25, 0.3) is 0 Å². The topological polar surface area (TPSA) is 27.7 Å². The summed E-state index contributed by atoms with van der Waals surface area (Å²) in [5.74, 6) is 0. The summed E-state index contributed by atoms with van der Waals surface area (Å²) in [4.78, 5) is 0. The summed E-state index contributed by atoms with van der Waals surface area (Å²) in [6.45, 7) is 3.67. The number of rotatable bonds is 7. The van der Waals surface area contributed by atoms with Crippen LogP contribution >= 0.6 is 11.3 Å². The van der Waals surface area contributed by atoms with Crippen LogP contribution in [0.5, 0.6) is 0 Å². The lowest BCUT2D eigenvalue weighted by Crippen LogP contribution is -2.21. The molecular weight excluding hydrogens is 200 g/mol. The van der Waals surface area contributed by atoms with Gasteiger partial charge in [-0.1, -0.05) is 0 Å². The third-order valence-electron chi connectivity index (χ3n) is 1.72. The molecular formula is C10H16O3S. The number of methoxy groups -OCH3 is 1. The zero-order valence-corrected chi connectivity index (χ0v) is 9.38. The molecule has 0 saturated heterocycles. The SMILES string of the molecule is CCOC(COCc1ccsc1)OC. The number of thiophene rings is 1. The second-order valence-electron chi connectivity index (χ2n) is 2.77. The van der Waals surface area contributed by atoms with Crippen molar-refractivity contribution >= 4 is 11.3 Å². The molecule has 1 aromatic heterocycles. The van der Waals surface area contributed by atoms with Gasteiger partial charge in [0, 0.05) is 13.7 Å². The summed E-state index contributed by atoms with van der Waals surface area (Å²) in [5.41, 5.74) is 1.20. The van der Waals surface area contributed by atoms with E-state index in [2.05, 4.69) is 5.38 Å². The molecule has 0 bridgehead atoms. The van der Waals surface area contributed by atoms with Crippen LogP contribution in [0.1, 0.15) is 12.5 Å². The van der Waals surface area contributed by atoms with Crippen LogP contribution in [0, 0.1) is 0 Å². The van der Waals surface area contributed by atoms with Gasteiger partial charge in [0.05, 0.1) is 13.2 Å². The quantitative estimate of drug-likeness (QED) is 0.654. The minimum atomic E-state index is -0.251. The molecule has 0 aliphatic carbocycles. The fourth-order valence-electron chi connectivity index (χ4n) is 1.02. The first-order valence-corrected chi connectivity index (χ1v) is 5.54. The van der Waals surface area contributed by atoms with Gasteiger partial charge in [0.2, 0.25) is 0 Å². The summed E-state index contributed by atoms with van der Waals surface area (Å²) >= 11 is 1.67. The van der Waals surface area contributed by atoms with Crippen LogP contribution < -0.4 is 0 Å². The second-order valence-corrected chi connectivity index (χ2v) is 3.55. The Hall–Kier alpha value is -0.420. The van der Waals surface area contributed by atoms with Gasteiger partial charge in [0.1, 0.15) is 0 Å². The van der Waals surface area contributed by atoms with Crippen molar-refractivity contribution in [2.24, 2.45) is 0 Å². The van der Waals surface area contributed by atoms with Gasteiger partial charge < -0.3 is 14.2 Å². The molecule has 3 nitrogen and oxygen atoms in total. The molecule has 0 N–H and O–H groups in total. The molecule has 0 saturated carbocycles. The first kappa shape index (κ1) is 11.7. The van der Waals surface area contributed by atoms with Crippen LogP contribution in [0.3, 0.4) is 0 Å². The largest absolute Gasteiger partial charge is 0.371 e. The molecule has 0 aliphatic rings. The summed E-state index contributed by atoms with van der Waals surface area (Å²) in [7, 11) is 1.62. The molecule has 1 heterocycles. The van der Waals surface area contributed by atoms with Crippen molar-refractivity contribution in [2.75, 3.05) is 20.3 Å². The van der Waals surface area contributed by atoms with E-state index < -0.39 is 0 Å². The lowest BCUT2D eigenvalue weighted by Gasteiger charge is -2.14. The van der Waals surface area contributed by atoms with Crippen LogP contribution in [0.4, 0.5) is 0 Å². The fourth-order valence-corrected chi connectivity index (χ4v) is 1.67. The van der Waals surface area contributed by atoms with E-state index in [0.717, 1.165) is 0 Å². The maximum absolute atomic E-state index is 5.44. The average molecular weight is 216 g/mol. The Balaban J connectivity index is 2.13. The molecule has 1 atom stereocenters. The Morgan fingerprint density at radius 1 is 1.50 bits per heavy atom. The molecule has 0 aromatic carbocycles. The van der Waals surface area contributed by atoms with Crippen molar-refractivity contribution in [2.45, 2.75) is 19.8 Å². The average Bonchev–Trinajstić information content (AvgIpc) is 2.69. The van der Waals surface area contributed by atoms with E-state index in [-0.39, 0.29) is 6.29 Å². The third-order valence-corrected chi connectivity index (χ3v) is 2.45. The van der Waals surface area contributed by atoms with Crippen LogP contribution in [0.2, 0.25) is 0 Å². The molecule has 80 valence electrons. The molecule has 0 radical (unpaired) electrons. The summed E-state index contributed by atoms with van der Waals surface area (Å²) in [6.07, 6.45) is -0.251. The van der Waals surface area contributed by atoms with E-state index in [1.54, 1.807) is 18.4 Å². The molecule has 0 fully saturated rings. The van der Waals surface area contributed by atoms with Crippen molar-refractivity contribution in [3.63, 3.8) is 0 Å². The van der Waals surface area contributed by atoms with Crippen LogP contribution in [-0.4, -0.2) is 26.6 Å².